The van der Waals surface area contributed by atoms with Crippen LogP contribution in [0.2, 0.25) is 0 Å². The molecule has 1 N–H and O–H groups in total. The summed E-state index contributed by atoms with van der Waals surface area (Å²) in [6, 6.07) is 5.66. The van der Waals surface area contributed by atoms with Gasteiger partial charge in [0, 0.05) is 12.3 Å². The first-order chi connectivity index (χ1) is 14.0. The van der Waals surface area contributed by atoms with Gasteiger partial charge >= 0.3 is 12.0 Å². The van der Waals surface area contributed by atoms with E-state index in [9.17, 15) is 19.2 Å². The van der Waals surface area contributed by atoms with Gasteiger partial charge in [-0.15, -0.1) is 0 Å². The van der Waals surface area contributed by atoms with Crippen molar-refractivity contribution in [2.45, 2.75) is 38.6 Å². The van der Waals surface area contributed by atoms with Gasteiger partial charge in [0.1, 0.15) is 0 Å². The highest BCUT2D eigenvalue weighted by Gasteiger charge is 2.50. The molecular weight excluding hydrogens is 374 g/mol. The Labute approximate surface area is 168 Å². The van der Waals surface area contributed by atoms with Gasteiger partial charge in [0.2, 0.25) is 11.8 Å². The van der Waals surface area contributed by atoms with Crippen LogP contribution in [-0.2, 0) is 14.3 Å². The van der Waals surface area contributed by atoms with Crippen molar-refractivity contribution in [3.63, 3.8) is 0 Å². The summed E-state index contributed by atoms with van der Waals surface area (Å²) in [6.07, 6.45) is 5.25. The third-order valence-corrected chi connectivity index (χ3v) is 6.00. The lowest BCUT2D eigenvalue weighted by molar-refractivity contribution is -0.141. The number of nitrogens with zero attached hydrogens (tertiary/aromatic N) is 2. The molecule has 1 saturated heterocycles. The summed E-state index contributed by atoms with van der Waals surface area (Å²) in [4.78, 5) is 54.9. The van der Waals surface area contributed by atoms with E-state index in [0.717, 1.165) is 25.7 Å². The smallest absolute Gasteiger partial charge is 0.338 e. The second-order valence-electron chi connectivity index (χ2n) is 7.77. The lowest BCUT2D eigenvalue weighted by atomic mass is 9.92. The number of benzene rings is 1. The second kappa shape index (κ2) is 7.77. The Hall–Kier alpha value is -3.03. The highest BCUT2D eigenvalue weighted by Crippen LogP contribution is 2.47. The molecule has 8 heteroatoms. The first-order valence-corrected chi connectivity index (χ1v) is 9.97. The maximum Gasteiger partial charge on any atom is 0.338 e. The normalized spacial score (nSPS) is 28.9. The molecule has 0 spiro atoms. The van der Waals surface area contributed by atoms with Crippen molar-refractivity contribution < 1.29 is 23.9 Å². The summed E-state index contributed by atoms with van der Waals surface area (Å²) >= 11 is 0. The van der Waals surface area contributed by atoms with E-state index < -0.39 is 29.7 Å². The van der Waals surface area contributed by atoms with E-state index in [-0.39, 0.29) is 12.6 Å². The molecule has 0 aromatic heterocycles. The minimum Gasteiger partial charge on any atom is -0.462 e. The van der Waals surface area contributed by atoms with Gasteiger partial charge < -0.3 is 4.74 Å². The summed E-state index contributed by atoms with van der Waals surface area (Å²) in [5.74, 6) is -1.96. The zero-order valence-electron chi connectivity index (χ0n) is 16.2. The number of ether oxygens (including phenoxy) is 1. The van der Waals surface area contributed by atoms with Gasteiger partial charge in [-0.05, 0) is 56.2 Å². The quantitative estimate of drug-likeness (QED) is 0.467. The van der Waals surface area contributed by atoms with E-state index >= 15 is 0 Å². The van der Waals surface area contributed by atoms with Crippen LogP contribution in [0.15, 0.2) is 29.3 Å². The summed E-state index contributed by atoms with van der Waals surface area (Å²) in [5.41, 5.74) is 0.749. The minimum atomic E-state index is -1.17. The average molecular weight is 397 g/mol. The molecule has 4 rings (SSSR count). The monoisotopic (exact) mass is 397 g/mol. The van der Waals surface area contributed by atoms with Gasteiger partial charge in [0.25, 0.3) is 0 Å². The summed E-state index contributed by atoms with van der Waals surface area (Å²) < 4.78 is 4.97. The lowest BCUT2D eigenvalue weighted by Gasteiger charge is -2.36. The first kappa shape index (κ1) is 19.3. The number of hydrogen-bond acceptors (Lipinski definition) is 6. The van der Waals surface area contributed by atoms with Crippen LogP contribution >= 0.6 is 0 Å². The maximum absolute atomic E-state index is 13.0. The molecule has 1 aliphatic heterocycles. The molecule has 1 heterocycles. The number of barbiturate groups is 1. The van der Waals surface area contributed by atoms with Crippen molar-refractivity contribution in [2.75, 3.05) is 6.61 Å². The van der Waals surface area contributed by atoms with Gasteiger partial charge in [0.15, 0.2) is 5.92 Å². The van der Waals surface area contributed by atoms with Crippen molar-refractivity contribution in [3.05, 3.63) is 29.8 Å². The molecular formula is C21H23N3O5. The number of carbonyl (C=O) groups excluding carboxylic acids is 4. The first-order valence-electron chi connectivity index (χ1n) is 9.97. The topological polar surface area (TPSA) is 105 Å². The summed E-state index contributed by atoms with van der Waals surface area (Å²) in [5, 5.41) is 2.29. The molecule has 29 heavy (non-hydrogen) atoms. The van der Waals surface area contributed by atoms with E-state index in [1.54, 1.807) is 25.1 Å². The van der Waals surface area contributed by atoms with E-state index in [0.29, 0.717) is 23.1 Å². The highest BCUT2D eigenvalue weighted by atomic mass is 16.5. The van der Waals surface area contributed by atoms with Gasteiger partial charge in [-0.25, -0.2) is 9.59 Å². The third-order valence-electron chi connectivity index (χ3n) is 6.00. The average Bonchev–Trinajstić information content (AvgIpc) is 3.31. The molecule has 2 bridgehead atoms. The fourth-order valence-electron chi connectivity index (χ4n) is 4.67. The van der Waals surface area contributed by atoms with Crippen LogP contribution in [0.4, 0.5) is 10.5 Å². The molecule has 2 aliphatic carbocycles. The van der Waals surface area contributed by atoms with Crippen molar-refractivity contribution in [1.29, 1.82) is 0 Å². The van der Waals surface area contributed by atoms with Crippen LogP contribution in [0.1, 0.15) is 43.0 Å². The summed E-state index contributed by atoms with van der Waals surface area (Å²) in [7, 11) is 0. The van der Waals surface area contributed by atoms with Crippen LogP contribution < -0.4 is 5.32 Å². The Morgan fingerprint density at radius 2 is 2.10 bits per heavy atom. The molecule has 3 aliphatic rings. The highest BCUT2D eigenvalue weighted by molar-refractivity contribution is 6.23. The second-order valence-corrected chi connectivity index (χ2v) is 7.77. The fourth-order valence-corrected chi connectivity index (χ4v) is 4.67. The van der Waals surface area contributed by atoms with E-state index in [1.165, 1.54) is 17.2 Å². The Balaban J connectivity index is 1.52. The SMILES string of the molecule is CCOC(=O)c1cccc(N=C[C@H]2C(=O)NC(=O)N([C@H]3C[C@H]4CC[C@H]3C4)C2=O)c1. The van der Waals surface area contributed by atoms with Crippen LogP contribution in [0.3, 0.4) is 0 Å². The van der Waals surface area contributed by atoms with Crippen LogP contribution in [0.5, 0.6) is 0 Å². The van der Waals surface area contributed by atoms with Crippen LogP contribution in [-0.4, -0.2) is 47.6 Å². The number of hydrogen-bond donors (Lipinski definition) is 1. The van der Waals surface area contributed by atoms with E-state index in [2.05, 4.69) is 10.3 Å². The minimum absolute atomic E-state index is 0.141. The molecule has 2 saturated carbocycles. The number of urea groups is 1. The molecule has 0 unspecified atom stereocenters. The number of carbonyl (C=O) groups is 4. The Kier molecular flexibility index (Phi) is 5.17. The summed E-state index contributed by atoms with van der Waals surface area (Å²) in [6.45, 7) is 1.98. The molecule has 152 valence electrons. The fraction of sp³-hybridized carbons (Fsp3) is 0.476. The number of imide groups is 2. The number of nitrogens with one attached hydrogen (secondary N) is 1. The predicted octanol–water partition coefficient (Wildman–Crippen LogP) is 2.45. The molecule has 4 amide bonds. The third kappa shape index (κ3) is 3.66. The molecule has 1 aromatic rings. The van der Waals surface area contributed by atoms with Gasteiger partial charge in [-0.2, -0.15) is 0 Å². The zero-order valence-corrected chi connectivity index (χ0v) is 16.2. The van der Waals surface area contributed by atoms with E-state index in [1.807, 2.05) is 0 Å². The number of esters is 1. The standard InChI is InChI=1S/C21H23N3O5/c1-2-29-20(27)14-4-3-5-15(10-14)22-11-16-18(25)23-21(28)24(19(16)26)17-9-12-6-7-13(17)8-12/h3-5,10-13,16-17H,2,6-9H2,1H3,(H,23,25,28)/t12-,13-,16-,17-/m0/s1. The van der Waals surface area contributed by atoms with Gasteiger partial charge in [0.05, 0.1) is 17.9 Å². The Morgan fingerprint density at radius 3 is 2.79 bits per heavy atom. The van der Waals surface area contributed by atoms with Crippen LogP contribution in [0.25, 0.3) is 0 Å². The molecule has 1 aromatic carbocycles. The van der Waals surface area contributed by atoms with Gasteiger partial charge in [-0.1, -0.05) is 12.5 Å². The molecule has 3 fully saturated rings. The van der Waals surface area contributed by atoms with Crippen LogP contribution in [0, 0.1) is 17.8 Å². The van der Waals surface area contributed by atoms with Crippen molar-refractivity contribution in [1.82, 2.24) is 10.2 Å². The zero-order chi connectivity index (χ0) is 20.5. The molecule has 4 atom stereocenters. The number of amides is 4. The maximum atomic E-state index is 13.0. The molecule has 8 nitrogen and oxygen atoms in total. The Morgan fingerprint density at radius 1 is 1.28 bits per heavy atom. The number of rotatable bonds is 5. The van der Waals surface area contributed by atoms with Crippen molar-refractivity contribution >= 4 is 35.7 Å². The largest absolute Gasteiger partial charge is 0.462 e. The lowest BCUT2D eigenvalue weighted by Crippen LogP contribution is -2.62. The van der Waals surface area contributed by atoms with Gasteiger partial charge in [-0.3, -0.25) is 24.8 Å². The number of fused-ring (bicyclic) bond motifs is 2. The predicted molar refractivity (Wildman–Crippen MR) is 104 cm³/mol. The van der Waals surface area contributed by atoms with Crippen molar-refractivity contribution in [3.8, 4) is 0 Å². The number of aliphatic imine (C=N–C) groups is 1. The Bertz CT molecular complexity index is 896. The van der Waals surface area contributed by atoms with E-state index in [4.69, 9.17) is 4.74 Å². The molecule has 0 radical (unpaired) electrons. The van der Waals surface area contributed by atoms with Crippen molar-refractivity contribution in [2.24, 2.45) is 22.7 Å².